The Morgan fingerprint density at radius 2 is 1.60 bits per heavy atom. The van der Waals surface area contributed by atoms with Crippen molar-refractivity contribution in [1.29, 1.82) is 5.26 Å². The Kier molecular flexibility index (Phi) is 3.67. The Morgan fingerprint density at radius 1 is 1.08 bits per heavy atom. The van der Waals surface area contributed by atoms with E-state index in [9.17, 15) is 19.4 Å². The summed E-state index contributed by atoms with van der Waals surface area (Å²) in [5.41, 5.74) is 0.117. The maximum Gasteiger partial charge on any atom is 0.310 e. The molecule has 136 valence electrons. The van der Waals surface area contributed by atoms with Crippen LogP contribution in [0.15, 0.2) is 17.0 Å². The maximum absolute atomic E-state index is 12.9. The van der Waals surface area contributed by atoms with Gasteiger partial charge in [-0.25, -0.2) is 4.68 Å². The van der Waals surface area contributed by atoms with Crippen molar-refractivity contribution >= 4 is 45.0 Å². The molecule has 3 rings (SSSR count). The fraction of sp³-hybridized carbons (Fsp3) is 0.231. The largest absolute Gasteiger partial charge is 0.310 e. The summed E-state index contributed by atoms with van der Waals surface area (Å²) in [4.78, 5) is -2.22. The van der Waals surface area contributed by atoms with Crippen LogP contribution in [0, 0.1) is 11.3 Å². The van der Waals surface area contributed by atoms with Crippen LogP contribution < -0.4 is 0 Å². The summed E-state index contributed by atoms with van der Waals surface area (Å²) < 4.78 is 65.6. The van der Waals surface area contributed by atoms with E-state index in [4.69, 9.17) is 40.1 Å². The fourth-order valence-electron chi connectivity index (χ4n) is 2.34. The normalized spacial score (nSPS) is 17.7. The summed E-state index contributed by atoms with van der Waals surface area (Å²) in [5, 5.41) is 11.6. The van der Waals surface area contributed by atoms with Crippen LogP contribution in [0.25, 0.3) is 5.69 Å². The van der Waals surface area contributed by atoms with Gasteiger partial charge >= 0.3 is 10.2 Å². The van der Waals surface area contributed by atoms with E-state index in [1.54, 1.807) is 0 Å². The van der Waals surface area contributed by atoms with Crippen LogP contribution in [0.4, 0.5) is 19.4 Å². The quantitative estimate of drug-likeness (QED) is 0.474. The second kappa shape index (κ2) is 4.94. The van der Waals surface area contributed by atoms with Crippen LogP contribution in [-0.4, -0.2) is 9.78 Å². The molecule has 0 N–H and O–H groups in total. The van der Waals surface area contributed by atoms with Gasteiger partial charge in [-0.3, -0.25) is 0 Å². The molecule has 1 aromatic carbocycles. The molecule has 1 heterocycles. The highest BCUT2D eigenvalue weighted by molar-refractivity contribution is 8.45. The Morgan fingerprint density at radius 3 is 2.00 bits per heavy atom. The summed E-state index contributed by atoms with van der Waals surface area (Å²) in [6.07, 6.45) is 1.56. The standard InChI is InChI=1S/C13H7Cl3F5N3S/c14-8-3-7(25(17,18,19,20)21)4-9(15)12(8)24-13(16)11(6-1-2-6)10(5-22)23-24/h3-4,6H,1-2H2. The first-order valence-corrected chi connectivity index (χ1v) is 9.73. The van der Waals surface area contributed by atoms with E-state index in [0.717, 1.165) is 17.5 Å². The summed E-state index contributed by atoms with van der Waals surface area (Å²) in [5.74, 6) is 0.0115. The predicted molar refractivity (Wildman–Crippen MR) is 86.7 cm³/mol. The van der Waals surface area contributed by atoms with Crippen molar-refractivity contribution in [3.63, 3.8) is 0 Å². The number of halogens is 8. The second-order valence-corrected chi connectivity index (χ2v) is 9.14. The molecule has 0 unspecified atom stereocenters. The van der Waals surface area contributed by atoms with Gasteiger partial charge < -0.3 is 0 Å². The molecule has 0 bridgehead atoms. The number of benzene rings is 1. The monoisotopic (exact) mass is 437 g/mol. The average molecular weight is 439 g/mol. The lowest BCUT2D eigenvalue weighted by molar-refractivity contribution is 0.364. The van der Waals surface area contributed by atoms with Gasteiger partial charge in [0.1, 0.15) is 21.8 Å². The fourth-order valence-corrected chi connectivity index (χ4v) is 4.17. The van der Waals surface area contributed by atoms with Crippen LogP contribution >= 0.6 is 45.0 Å². The van der Waals surface area contributed by atoms with Crippen molar-refractivity contribution in [2.75, 3.05) is 0 Å². The van der Waals surface area contributed by atoms with Gasteiger partial charge in [0.15, 0.2) is 5.69 Å². The van der Waals surface area contributed by atoms with Crippen molar-refractivity contribution in [2.45, 2.75) is 23.7 Å². The molecular weight excluding hydrogens is 432 g/mol. The minimum absolute atomic E-state index is 0.0115. The van der Waals surface area contributed by atoms with E-state index in [1.165, 1.54) is 0 Å². The number of aromatic nitrogens is 2. The number of rotatable bonds is 3. The molecule has 1 saturated carbocycles. The van der Waals surface area contributed by atoms with Crippen molar-refractivity contribution in [3.8, 4) is 11.8 Å². The third-order valence-corrected chi connectivity index (χ3v) is 5.67. The van der Waals surface area contributed by atoms with Gasteiger partial charge in [-0.05, 0) is 30.9 Å². The minimum atomic E-state index is -9.95. The number of hydrogen-bond acceptors (Lipinski definition) is 2. The Labute approximate surface area is 153 Å². The Bertz CT molecular complexity index is 922. The van der Waals surface area contributed by atoms with Crippen LogP contribution in [-0.2, 0) is 0 Å². The van der Waals surface area contributed by atoms with Crippen LogP contribution in [0.5, 0.6) is 0 Å². The molecule has 0 radical (unpaired) electrons. The van der Waals surface area contributed by atoms with Gasteiger partial charge in [0.25, 0.3) is 0 Å². The second-order valence-electron chi connectivity index (χ2n) is 5.56. The molecule has 1 aliphatic carbocycles. The molecule has 3 nitrogen and oxygen atoms in total. The van der Waals surface area contributed by atoms with Crippen LogP contribution in [0.2, 0.25) is 15.2 Å². The molecular formula is C13H7Cl3F5N3S. The zero-order valence-electron chi connectivity index (χ0n) is 11.9. The first-order valence-electron chi connectivity index (χ1n) is 6.65. The van der Waals surface area contributed by atoms with Crippen molar-refractivity contribution in [3.05, 3.63) is 38.6 Å². The van der Waals surface area contributed by atoms with Gasteiger partial charge in [-0.1, -0.05) is 54.2 Å². The molecule has 12 heteroatoms. The highest BCUT2D eigenvalue weighted by atomic mass is 35.5. The summed E-state index contributed by atoms with van der Waals surface area (Å²) >= 11 is 17.7. The molecule has 0 atom stereocenters. The average Bonchev–Trinajstić information content (AvgIpc) is 3.21. The van der Waals surface area contributed by atoms with E-state index in [2.05, 4.69) is 5.10 Å². The molecule has 0 spiro atoms. The highest BCUT2D eigenvalue weighted by Gasteiger charge is 2.65. The van der Waals surface area contributed by atoms with Crippen molar-refractivity contribution in [2.24, 2.45) is 0 Å². The number of nitrogens with zero attached hydrogens (tertiary/aromatic N) is 3. The molecule has 2 aromatic rings. The van der Waals surface area contributed by atoms with Gasteiger partial charge in [0.05, 0.1) is 10.0 Å². The highest BCUT2D eigenvalue weighted by Crippen LogP contribution is 3.02. The zero-order valence-corrected chi connectivity index (χ0v) is 15.0. The smallest absolute Gasteiger partial charge is 0.218 e. The molecule has 0 saturated heterocycles. The third kappa shape index (κ3) is 3.40. The molecule has 0 aliphatic heterocycles. The third-order valence-electron chi connectivity index (χ3n) is 3.60. The number of hydrogen-bond donors (Lipinski definition) is 0. The maximum atomic E-state index is 12.9. The first kappa shape index (κ1) is 18.6. The van der Waals surface area contributed by atoms with E-state index >= 15 is 0 Å². The van der Waals surface area contributed by atoms with E-state index < -0.39 is 25.2 Å². The minimum Gasteiger partial charge on any atom is -0.218 e. The lowest BCUT2D eigenvalue weighted by atomic mass is 10.2. The van der Waals surface area contributed by atoms with E-state index in [1.807, 2.05) is 6.07 Å². The van der Waals surface area contributed by atoms with E-state index in [-0.39, 0.29) is 34.6 Å². The lowest BCUT2D eigenvalue weighted by Gasteiger charge is -2.40. The van der Waals surface area contributed by atoms with Crippen molar-refractivity contribution < 1.29 is 19.4 Å². The predicted octanol–water partition coefficient (Wildman–Crippen LogP) is 7.24. The molecule has 25 heavy (non-hydrogen) atoms. The van der Waals surface area contributed by atoms with E-state index in [0.29, 0.717) is 5.56 Å². The van der Waals surface area contributed by atoms with Crippen molar-refractivity contribution in [1.82, 2.24) is 9.78 Å². The van der Waals surface area contributed by atoms with Gasteiger partial charge in [-0.2, -0.15) is 10.4 Å². The summed E-state index contributed by atoms with van der Waals surface area (Å²) in [6.45, 7) is 0. The van der Waals surface area contributed by atoms with Crippen LogP contribution in [0.1, 0.15) is 30.0 Å². The molecule has 1 aromatic heterocycles. The van der Waals surface area contributed by atoms with Gasteiger partial charge in [0, 0.05) is 5.56 Å². The SMILES string of the molecule is N#Cc1nn(-c2c(Cl)cc(S(F)(F)(F)(F)F)cc2Cl)c(Cl)c1C1CC1. The van der Waals surface area contributed by atoms with Gasteiger partial charge in [-0.15, -0.1) is 0 Å². The molecule has 0 amide bonds. The lowest BCUT2D eigenvalue weighted by Crippen LogP contribution is -2.08. The zero-order chi connectivity index (χ0) is 18.8. The number of nitriles is 1. The Balaban J connectivity index is 2.23. The topological polar surface area (TPSA) is 41.6 Å². The summed E-state index contributed by atoms with van der Waals surface area (Å²) in [6, 6.07) is 1.99. The molecule has 1 aliphatic rings. The molecule has 1 fully saturated rings. The van der Waals surface area contributed by atoms with Crippen LogP contribution in [0.3, 0.4) is 0 Å². The van der Waals surface area contributed by atoms with Gasteiger partial charge in [0.2, 0.25) is 0 Å². The Hall–Kier alpha value is -1.21. The first-order chi connectivity index (χ1) is 11.2. The summed E-state index contributed by atoms with van der Waals surface area (Å²) in [7, 11) is -9.95.